The van der Waals surface area contributed by atoms with E-state index in [0.717, 1.165) is 24.0 Å². The number of carbonyl (C=O) groups excluding carboxylic acids is 1. The third-order valence-electron chi connectivity index (χ3n) is 5.06. The summed E-state index contributed by atoms with van der Waals surface area (Å²) in [5, 5.41) is 0.742. The van der Waals surface area contributed by atoms with Crippen molar-refractivity contribution in [3.63, 3.8) is 0 Å². The van der Waals surface area contributed by atoms with Crippen LogP contribution in [0.1, 0.15) is 28.8 Å². The summed E-state index contributed by atoms with van der Waals surface area (Å²) < 4.78 is 5.31. The minimum atomic E-state index is -0.599. The van der Waals surface area contributed by atoms with Crippen LogP contribution in [0.5, 0.6) is 0 Å². The lowest BCUT2D eigenvalue weighted by Gasteiger charge is -2.24. The summed E-state index contributed by atoms with van der Waals surface area (Å²) in [5.41, 5.74) is 2.20. The molecule has 0 spiro atoms. The van der Waals surface area contributed by atoms with Crippen LogP contribution in [0.25, 0.3) is 11.0 Å². The van der Waals surface area contributed by atoms with Gasteiger partial charge in [0.2, 0.25) is 0 Å². The van der Waals surface area contributed by atoms with Crippen LogP contribution in [0.2, 0.25) is 0 Å². The van der Waals surface area contributed by atoms with Crippen LogP contribution >= 0.6 is 0 Å². The second kappa shape index (κ2) is 7.27. The van der Waals surface area contributed by atoms with E-state index in [-0.39, 0.29) is 11.5 Å². The average molecular weight is 362 g/mol. The van der Waals surface area contributed by atoms with Gasteiger partial charge >= 0.3 is 5.63 Å². The molecule has 0 aliphatic carbocycles. The fourth-order valence-corrected chi connectivity index (χ4v) is 3.66. The molecule has 0 N–H and O–H groups in total. The molecule has 2 aromatic carbocycles. The summed E-state index contributed by atoms with van der Waals surface area (Å²) in [6.45, 7) is 2.53. The highest BCUT2D eigenvalue weighted by atomic mass is 16.4. The lowest BCUT2D eigenvalue weighted by Crippen LogP contribution is -2.31. The van der Waals surface area contributed by atoms with Crippen molar-refractivity contribution < 1.29 is 9.21 Å². The summed E-state index contributed by atoms with van der Waals surface area (Å²) in [4.78, 5) is 29.1. The Labute approximate surface area is 157 Å². The fraction of sp³-hybridized carbons (Fsp3) is 0.273. The van der Waals surface area contributed by atoms with Crippen LogP contribution in [-0.4, -0.2) is 30.9 Å². The van der Waals surface area contributed by atoms with Crippen LogP contribution in [0.15, 0.2) is 63.8 Å². The maximum absolute atomic E-state index is 12.9. The Hall–Kier alpha value is -3.08. The minimum absolute atomic E-state index is 0.0647. The minimum Gasteiger partial charge on any atom is -0.422 e. The summed E-state index contributed by atoms with van der Waals surface area (Å²) in [6.07, 6.45) is 2.39. The van der Waals surface area contributed by atoms with Crippen molar-refractivity contribution in [1.29, 1.82) is 0 Å². The number of nitrogens with zero attached hydrogens (tertiary/aromatic N) is 2. The number of benzene rings is 2. The van der Waals surface area contributed by atoms with E-state index in [1.54, 1.807) is 30.1 Å². The van der Waals surface area contributed by atoms with Crippen molar-refractivity contribution in [3.8, 4) is 0 Å². The zero-order chi connectivity index (χ0) is 18.8. The van der Waals surface area contributed by atoms with Gasteiger partial charge in [-0.1, -0.05) is 36.4 Å². The van der Waals surface area contributed by atoms with Crippen LogP contribution in [-0.2, 0) is 6.54 Å². The molecule has 138 valence electrons. The zero-order valence-electron chi connectivity index (χ0n) is 15.4. The van der Waals surface area contributed by atoms with Gasteiger partial charge < -0.3 is 14.2 Å². The maximum atomic E-state index is 12.9. The Balaban J connectivity index is 1.61. The molecule has 0 bridgehead atoms. The van der Waals surface area contributed by atoms with E-state index >= 15 is 0 Å². The lowest BCUT2D eigenvalue weighted by atomic mass is 10.1. The molecule has 0 radical (unpaired) electrons. The molecule has 1 aromatic heterocycles. The van der Waals surface area contributed by atoms with E-state index in [1.165, 1.54) is 18.5 Å². The van der Waals surface area contributed by atoms with Crippen molar-refractivity contribution in [2.24, 2.45) is 0 Å². The predicted molar refractivity (Wildman–Crippen MR) is 106 cm³/mol. The van der Waals surface area contributed by atoms with E-state index in [2.05, 4.69) is 11.0 Å². The van der Waals surface area contributed by atoms with Crippen molar-refractivity contribution >= 4 is 22.6 Å². The number of hydrogen-bond donors (Lipinski definition) is 0. The molecule has 4 rings (SSSR count). The van der Waals surface area contributed by atoms with Crippen molar-refractivity contribution in [1.82, 2.24) is 4.90 Å². The first-order valence-corrected chi connectivity index (χ1v) is 9.25. The number of hydrogen-bond acceptors (Lipinski definition) is 4. The lowest BCUT2D eigenvalue weighted by molar-refractivity contribution is 0.0781. The van der Waals surface area contributed by atoms with Crippen molar-refractivity contribution in [2.75, 3.05) is 25.0 Å². The van der Waals surface area contributed by atoms with Gasteiger partial charge in [0.15, 0.2) is 0 Å². The molecule has 0 unspecified atom stereocenters. The van der Waals surface area contributed by atoms with Gasteiger partial charge in [-0.05, 0) is 36.6 Å². The highest BCUT2D eigenvalue weighted by Crippen LogP contribution is 2.25. The summed E-state index contributed by atoms with van der Waals surface area (Å²) >= 11 is 0. The monoisotopic (exact) mass is 362 g/mol. The van der Waals surface area contributed by atoms with E-state index < -0.39 is 5.63 Å². The molecule has 27 heavy (non-hydrogen) atoms. The van der Waals surface area contributed by atoms with Gasteiger partial charge in [-0.25, -0.2) is 4.79 Å². The number of rotatable bonds is 4. The summed E-state index contributed by atoms with van der Waals surface area (Å²) in [5.74, 6) is -0.328. The second-order valence-electron chi connectivity index (χ2n) is 6.97. The molecule has 3 aromatic rings. The molecule has 2 heterocycles. The van der Waals surface area contributed by atoms with Crippen molar-refractivity contribution in [3.05, 3.63) is 76.1 Å². The Morgan fingerprint density at radius 3 is 2.59 bits per heavy atom. The van der Waals surface area contributed by atoms with Gasteiger partial charge in [-0.2, -0.15) is 0 Å². The number of para-hydroxylation sites is 2. The topological polar surface area (TPSA) is 53.8 Å². The average Bonchev–Trinajstić information content (AvgIpc) is 3.22. The SMILES string of the molecule is CN(Cc1ccccc1N1CCCC1)C(=O)c1cc2ccccc2oc1=O. The van der Waals surface area contributed by atoms with Crippen LogP contribution in [0, 0.1) is 0 Å². The van der Waals surface area contributed by atoms with Crippen LogP contribution in [0.3, 0.4) is 0 Å². The smallest absolute Gasteiger partial charge is 0.349 e. The molecule has 5 nitrogen and oxygen atoms in total. The van der Waals surface area contributed by atoms with E-state index in [4.69, 9.17) is 4.42 Å². The number of carbonyl (C=O) groups is 1. The summed E-state index contributed by atoms with van der Waals surface area (Å²) in [7, 11) is 1.72. The molecule has 1 aliphatic rings. The van der Waals surface area contributed by atoms with Crippen LogP contribution < -0.4 is 10.5 Å². The number of fused-ring (bicyclic) bond motifs is 1. The van der Waals surface area contributed by atoms with Gasteiger partial charge in [0, 0.05) is 37.8 Å². The molecular formula is C22H22N2O3. The normalized spacial score (nSPS) is 13.9. The molecule has 1 amide bonds. The molecule has 1 fully saturated rings. The van der Waals surface area contributed by atoms with Gasteiger partial charge in [-0.3, -0.25) is 4.79 Å². The van der Waals surface area contributed by atoms with E-state index in [9.17, 15) is 9.59 Å². The van der Waals surface area contributed by atoms with Gasteiger partial charge in [-0.15, -0.1) is 0 Å². The largest absolute Gasteiger partial charge is 0.422 e. The standard InChI is InChI=1S/C22H22N2O3/c1-23(15-17-9-2-4-10-19(17)24-12-6-7-13-24)21(25)18-14-16-8-3-5-11-20(16)27-22(18)26/h2-5,8-11,14H,6-7,12-13,15H2,1H3. The van der Waals surface area contributed by atoms with Gasteiger partial charge in [0.1, 0.15) is 11.1 Å². The Kier molecular flexibility index (Phi) is 4.67. The Morgan fingerprint density at radius 1 is 1.07 bits per heavy atom. The third-order valence-corrected chi connectivity index (χ3v) is 5.06. The Bertz CT molecular complexity index is 1030. The van der Waals surface area contributed by atoms with Crippen molar-refractivity contribution in [2.45, 2.75) is 19.4 Å². The van der Waals surface area contributed by atoms with Gasteiger partial charge in [0.05, 0.1) is 0 Å². The highest BCUT2D eigenvalue weighted by Gasteiger charge is 2.21. The quantitative estimate of drug-likeness (QED) is 0.665. The number of amides is 1. The predicted octanol–water partition coefficient (Wildman–Crippen LogP) is 3.67. The maximum Gasteiger partial charge on any atom is 0.349 e. The number of anilines is 1. The third kappa shape index (κ3) is 3.45. The molecular weight excluding hydrogens is 340 g/mol. The zero-order valence-corrected chi connectivity index (χ0v) is 15.4. The second-order valence-corrected chi connectivity index (χ2v) is 6.97. The Morgan fingerprint density at radius 2 is 1.78 bits per heavy atom. The van der Waals surface area contributed by atoms with Crippen LogP contribution in [0.4, 0.5) is 5.69 Å². The molecule has 0 atom stereocenters. The molecule has 1 aliphatic heterocycles. The first kappa shape index (κ1) is 17.3. The fourth-order valence-electron chi connectivity index (χ4n) is 3.66. The highest BCUT2D eigenvalue weighted by molar-refractivity contribution is 5.96. The molecule has 1 saturated heterocycles. The first-order valence-electron chi connectivity index (χ1n) is 9.25. The summed E-state index contributed by atoms with van der Waals surface area (Å²) in [6, 6.07) is 17.0. The van der Waals surface area contributed by atoms with E-state index in [0.29, 0.717) is 12.1 Å². The van der Waals surface area contributed by atoms with Gasteiger partial charge in [0.25, 0.3) is 5.91 Å². The van der Waals surface area contributed by atoms with E-state index in [1.807, 2.05) is 30.3 Å². The molecule has 0 saturated carbocycles. The molecule has 5 heteroatoms. The first-order chi connectivity index (χ1) is 13.1.